The summed E-state index contributed by atoms with van der Waals surface area (Å²) in [5.74, 6) is -2.11. The molecule has 4 N–H and O–H groups in total. The Hall–Kier alpha value is -2.25. The van der Waals surface area contributed by atoms with Gasteiger partial charge in [-0.3, -0.25) is 9.59 Å². The molecule has 1 atom stereocenters. The Balaban J connectivity index is 2.33. The lowest BCUT2D eigenvalue weighted by Gasteiger charge is -2.26. The fraction of sp³-hybridized carbons (Fsp3) is 0.375. The summed E-state index contributed by atoms with van der Waals surface area (Å²) in [5.41, 5.74) is 0.428. The summed E-state index contributed by atoms with van der Waals surface area (Å²) in [6.07, 6.45) is 0. The van der Waals surface area contributed by atoms with Crippen LogP contribution in [0.2, 0.25) is 0 Å². The Bertz CT molecular complexity index is 645. The molecular weight excluding hydrogens is 303 g/mol. The van der Waals surface area contributed by atoms with Gasteiger partial charge in [-0.25, -0.2) is 4.39 Å². The van der Waals surface area contributed by atoms with Crippen LogP contribution in [-0.2, 0) is 9.59 Å². The molecule has 1 heterocycles. The van der Waals surface area contributed by atoms with Crippen LogP contribution in [0.5, 0.6) is 0 Å². The Morgan fingerprint density at radius 3 is 2.74 bits per heavy atom. The quantitative estimate of drug-likeness (QED) is 0.599. The summed E-state index contributed by atoms with van der Waals surface area (Å²) < 4.78 is 13.5. The van der Waals surface area contributed by atoms with Gasteiger partial charge in [0.15, 0.2) is 11.5 Å². The van der Waals surface area contributed by atoms with Gasteiger partial charge < -0.3 is 20.4 Å². The number of Topliss-reactive ketones (excluding diaryl/α,β-unsaturated/α-hetero) is 1. The van der Waals surface area contributed by atoms with Crippen LogP contribution in [0, 0.1) is 5.82 Å². The number of carbonyl (C=O) groups is 2. The van der Waals surface area contributed by atoms with E-state index in [2.05, 4.69) is 0 Å². The number of aliphatic hydroxyl groups is 2. The highest BCUT2D eigenvalue weighted by Gasteiger charge is 2.42. The number of amides is 1. The molecule has 2 rings (SSSR count). The molecule has 0 radical (unpaired) electrons. The van der Waals surface area contributed by atoms with E-state index in [1.165, 1.54) is 30.0 Å². The Labute approximate surface area is 133 Å². The van der Waals surface area contributed by atoms with Crippen LogP contribution in [0.25, 0.3) is 0 Å². The van der Waals surface area contributed by atoms with Crippen molar-refractivity contribution in [2.75, 3.05) is 26.2 Å². The highest BCUT2D eigenvalue weighted by molar-refractivity contribution is 6.08. The van der Waals surface area contributed by atoms with Gasteiger partial charge in [-0.2, -0.15) is 0 Å². The van der Waals surface area contributed by atoms with Crippen LogP contribution >= 0.6 is 0 Å². The normalized spacial score (nSPS) is 18.0. The molecule has 124 valence electrons. The third kappa shape index (κ3) is 3.57. The molecule has 0 aliphatic carbocycles. The first-order chi connectivity index (χ1) is 11.0. The van der Waals surface area contributed by atoms with Crippen LogP contribution in [0.4, 0.5) is 4.39 Å². The largest absolute Gasteiger partial charge is 0.503 e. The zero-order chi connectivity index (χ0) is 17.0. The SMILES string of the molecule is CC(=O)C1=C(O)C(=O)N(CC[NH2+]CCO)[C@H]1c1cccc(F)c1. The summed E-state index contributed by atoms with van der Waals surface area (Å²) in [5, 5.41) is 20.6. The van der Waals surface area contributed by atoms with Gasteiger partial charge in [0.2, 0.25) is 0 Å². The van der Waals surface area contributed by atoms with Crippen LogP contribution in [0.3, 0.4) is 0 Å². The smallest absolute Gasteiger partial charge is 0.290 e. The lowest BCUT2D eigenvalue weighted by Crippen LogP contribution is -2.86. The lowest BCUT2D eigenvalue weighted by atomic mass is 9.96. The van der Waals surface area contributed by atoms with Crippen molar-refractivity contribution in [3.05, 3.63) is 47.0 Å². The molecule has 1 aliphatic rings. The van der Waals surface area contributed by atoms with Crippen molar-refractivity contribution in [1.29, 1.82) is 0 Å². The summed E-state index contributed by atoms with van der Waals surface area (Å²) in [4.78, 5) is 25.5. The predicted octanol–water partition coefficient (Wildman–Crippen LogP) is -0.334. The van der Waals surface area contributed by atoms with Crippen molar-refractivity contribution in [2.24, 2.45) is 0 Å². The number of hydrogen-bond donors (Lipinski definition) is 3. The molecule has 0 fully saturated rings. The molecule has 0 aromatic heterocycles. The average Bonchev–Trinajstić information content (AvgIpc) is 2.76. The summed E-state index contributed by atoms with van der Waals surface area (Å²) in [6, 6.07) is 4.85. The van der Waals surface area contributed by atoms with Gasteiger partial charge in [-0.15, -0.1) is 0 Å². The van der Waals surface area contributed by atoms with Gasteiger partial charge in [0, 0.05) is 0 Å². The Morgan fingerprint density at radius 1 is 1.39 bits per heavy atom. The topological polar surface area (TPSA) is 94.5 Å². The molecule has 0 saturated heterocycles. The van der Waals surface area contributed by atoms with E-state index >= 15 is 0 Å². The van der Waals surface area contributed by atoms with Crippen molar-refractivity contribution < 1.29 is 29.5 Å². The second kappa shape index (κ2) is 7.34. The minimum absolute atomic E-state index is 0.0113. The number of carbonyl (C=O) groups excluding carboxylic acids is 2. The molecule has 1 aromatic rings. The molecule has 1 aliphatic heterocycles. The van der Waals surface area contributed by atoms with Crippen LogP contribution < -0.4 is 5.32 Å². The first-order valence-corrected chi connectivity index (χ1v) is 7.40. The molecule has 1 amide bonds. The fourth-order valence-electron chi connectivity index (χ4n) is 2.73. The standard InChI is InChI=1S/C16H19FN2O4/c1-10(21)13-14(11-3-2-4-12(17)9-11)19(16(23)15(13)22)7-5-18-6-8-20/h2-4,9,14,18,20,22H,5-8H2,1H3/p+1/t14-/m0/s1. The number of nitrogens with zero attached hydrogens (tertiary/aromatic N) is 1. The van der Waals surface area contributed by atoms with E-state index in [0.717, 1.165) is 0 Å². The van der Waals surface area contributed by atoms with Crippen molar-refractivity contribution in [3.63, 3.8) is 0 Å². The maximum absolute atomic E-state index is 13.5. The van der Waals surface area contributed by atoms with Gasteiger partial charge in [0.25, 0.3) is 5.91 Å². The molecule has 1 aromatic carbocycles. The molecule has 0 bridgehead atoms. The number of halogens is 1. The van der Waals surface area contributed by atoms with Crippen molar-refractivity contribution in [2.45, 2.75) is 13.0 Å². The van der Waals surface area contributed by atoms with E-state index in [4.69, 9.17) is 5.11 Å². The zero-order valence-corrected chi connectivity index (χ0v) is 12.8. The zero-order valence-electron chi connectivity index (χ0n) is 12.8. The second-order valence-electron chi connectivity index (χ2n) is 5.36. The van der Waals surface area contributed by atoms with Gasteiger partial charge in [-0.1, -0.05) is 12.1 Å². The number of hydrogen-bond acceptors (Lipinski definition) is 4. The third-order valence-corrected chi connectivity index (χ3v) is 3.75. The van der Waals surface area contributed by atoms with E-state index in [1.54, 1.807) is 6.07 Å². The molecular formula is C16H20FN2O4+. The maximum atomic E-state index is 13.5. The predicted molar refractivity (Wildman–Crippen MR) is 79.9 cm³/mol. The number of quaternary nitrogens is 1. The van der Waals surface area contributed by atoms with Crippen LogP contribution in [0.15, 0.2) is 35.6 Å². The minimum Gasteiger partial charge on any atom is -0.503 e. The molecule has 0 unspecified atom stereocenters. The van der Waals surface area contributed by atoms with Crippen molar-refractivity contribution in [3.8, 4) is 0 Å². The number of aliphatic hydroxyl groups excluding tert-OH is 2. The lowest BCUT2D eigenvalue weighted by molar-refractivity contribution is -0.655. The Kier molecular flexibility index (Phi) is 5.46. The van der Waals surface area contributed by atoms with Gasteiger partial charge in [-0.05, 0) is 24.6 Å². The highest BCUT2D eigenvalue weighted by atomic mass is 19.1. The van der Waals surface area contributed by atoms with Crippen molar-refractivity contribution in [1.82, 2.24) is 4.90 Å². The van der Waals surface area contributed by atoms with Gasteiger partial charge in [0.05, 0.1) is 37.9 Å². The van der Waals surface area contributed by atoms with Gasteiger partial charge >= 0.3 is 0 Å². The van der Waals surface area contributed by atoms with E-state index < -0.39 is 29.3 Å². The molecule has 6 nitrogen and oxygen atoms in total. The maximum Gasteiger partial charge on any atom is 0.290 e. The second-order valence-corrected chi connectivity index (χ2v) is 5.36. The molecule has 0 saturated carbocycles. The number of nitrogens with two attached hydrogens (primary N) is 1. The molecule has 23 heavy (non-hydrogen) atoms. The van der Waals surface area contributed by atoms with E-state index in [1.807, 2.05) is 5.32 Å². The average molecular weight is 323 g/mol. The van der Waals surface area contributed by atoms with E-state index in [-0.39, 0.29) is 18.7 Å². The third-order valence-electron chi connectivity index (χ3n) is 3.75. The first-order valence-electron chi connectivity index (χ1n) is 7.40. The fourth-order valence-corrected chi connectivity index (χ4v) is 2.73. The summed E-state index contributed by atoms with van der Waals surface area (Å²) in [7, 11) is 0. The minimum atomic E-state index is -0.793. The first kappa shape index (κ1) is 17.1. The van der Waals surface area contributed by atoms with Gasteiger partial charge in [0.1, 0.15) is 5.82 Å². The van der Waals surface area contributed by atoms with E-state index in [9.17, 15) is 19.1 Å². The molecule has 0 spiro atoms. The summed E-state index contributed by atoms with van der Waals surface area (Å²) in [6.45, 7) is 2.54. The number of ketones is 1. The summed E-state index contributed by atoms with van der Waals surface area (Å²) >= 11 is 0. The monoisotopic (exact) mass is 323 g/mol. The number of rotatable bonds is 7. The van der Waals surface area contributed by atoms with Crippen LogP contribution in [0.1, 0.15) is 18.5 Å². The highest BCUT2D eigenvalue weighted by Crippen LogP contribution is 2.37. The molecule has 7 heteroatoms. The number of benzene rings is 1. The van der Waals surface area contributed by atoms with E-state index in [0.29, 0.717) is 18.7 Å². The Morgan fingerprint density at radius 2 is 2.13 bits per heavy atom. The van der Waals surface area contributed by atoms with Crippen LogP contribution in [-0.4, -0.2) is 53.0 Å². The van der Waals surface area contributed by atoms with Crippen molar-refractivity contribution >= 4 is 11.7 Å².